The highest BCUT2D eigenvalue weighted by Crippen LogP contribution is 2.11. The van der Waals surface area contributed by atoms with E-state index in [2.05, 4.69) is 50.4 Å². The number of hydrogen-bond acceptors (Lipinski definition) is 14. The molecule has 414 valence electrons. The number of amides is 5. The molecule has 0 fully saturated rings. The third kappa shape index (κ3) is 44.9. The zero-order valence-electron chi connectivity index (χ0n) is 43.4. The topological polar surface area (TPSA) is 329 Å². The number of rotatable bonds is 49. The molecule has 0 saturated heterocycles. The maximum absolute atomic E-state index is 12.1. The molecule has 0 aliphatic carbocycles. The van der Waals surface area contributed by atoms with Crippen molar-refractivity contribution in [3.8, 4) is 0 Å². The predicted octanol–water partition coefficient (Wildman–Crippen LogP) is 3.64. The number of unbranched alkanes of at least 4 members (excludes halogenated alkanes) is 13. The number of aromatic amines is 1. The Labute approximate surface area is 426 Å². The summed E-state index contributed by atoms with van der Waals surface area (Å²) in [4.78, 5) is 100. The van der Waals surface area contributed by atoms with Gasteiger partial charge in [-0.15, -0.1) is 0 Å². The molecule has 5 amide bonds. The van der Waals surface area contributed by atoms with Gasteiger partial charge in [-0.05, 0) is 44.9 Å². The summed E-state index contributed by atoms with van der Waals surface area (Å²) >= 11 is 0. The predicted molar refractivity (Wildman–Crippen MR) is 271 cm³/mol. The number of carbonyl (C=O) groups is 8. The molecule has 0 aliphatic rings. The molecule has 22 nitrogen and oxygen atoms in total. The van der Waals surface area contributed by atoms with Crippen LogP contribution in [0.1, 0.15) is 161 Å². The first-order chi connectivity index (χ1) is 34.8. The SMILES string of the molecule is CCCCCCCC(=O)NC(CCC(=O)NCCOCCOCC(=O)NCCOCCOCC(=O)NCCCC[C@H](NCC(=O)CCc1cnc[nH]1)C(N)=O)C(=O)O.CCCCCCCCCCCC(=O)O. The number of primary amides is 1. The fourth-order valence-electron chi connectivity index (χ4n) is 6.83. The molecular weight excluding hydrogens is 937 g/mol. The van der Waals surface area contributed by atoms with Crippen molar-refractivity contribution in [2.45, 2.75) is 174 Å². The highest BCUT2D eigenvalue weighted by Gasteiger charge is 2.21. The zero-order valence-corrected chi connectivity index (χ0v) is 43.4. The Bertz CT molecular complexity index is 1590. The second-order valence-corrected chi connectivity index (χ2v) is 17.5. The minimum Gasteiger partial charge on any atom is -0.481 e. The summed E-state index contributed by atoms with van der Waals surface area (Å²) in [6, 6.07) is -1.76. The van der Waals surface area contributed by atoms with Gasteiger partial charge in [0.25, 0.3) is 0 Å². The van der Waals surface area contributed by atoms with Gasteiger partial charge in [0, 0.05) is 57.2 Å². The van der Waals surface area contributed by atoms with E-state index in [-0.39, 0.29) is 121 Å². The number of nitrogens with zero attached hydrogens (tertiary/aromatic N) is 1. The molecule has 0 aromatic carbocycles. The van der Waals surface area contributed by atoms with Gasteiger partial charge in [-0.3, -0.25) is 38.9 Å². The first-order valence-electron chi connectivity index (χ1n) is 26.2. The van der Waals surface area contributed by atoms with E-state index in [0.29, 0.717) is 51.5 Å². The standard InChI is InChI=1S/C38H66N8O12.C12H24O2/c1-2-3-4-5-6-10-34(49)46-32(38(53)54)13-14-33(48)42-16-18-55-20-23-58-27-36(51)43-17-19-56-21-22-57-26-35(50)41-15-8-7-9-31(37(39)52)44-25-30(47)12-11-29-24-40-28-45-29;1-2-3-4-5-6-7-8-9-10-11-12(13)14/h24,28,31-32,44H,2-23,25-27H2,1H3,(H2,39,52)(H,40,45)(H,41,50)(H,42,48)(H,43,51)(H,46,49)(H,53,54);2-11H2,1H3,(H,13,14)/t31-,32?;/m0./s1. The van der Waals surface area contributed by atoms with Gasteiger partial charge in [0.2, 0.25) is 29.5 Å². The number of carboxylic acid groups (broad SMARTS) is 2. The third-order valence-electron chi connectivity index (χ3n) is 11.0. The molecule has 1 aromatic rings. The van der Waals surface area contributed by atoms with Crippen molar-refractivity contribution in [3.05, 3.63) is 18.2 Å². The van der Waals surface area contributed by atoms with Crippen LogP contribution in [0.15, 0.2) is 12.5 Å². The number of ketones is 1. The molecule has 0 aliphatic heterocycles. The number of nitrogens with one attached hydrogen (secondary N) is 6. The van der Waals surface area contributed by atoms with E-state index < -0.39 is 29.9 Å². The van der Waals surface area contributed by atoms with Gasteiger partial charge in [0.15, 0.2) is 0 Å². The van der Waals surface area contributed by atoms with E-state index in [1.807, 2.05) is 0 Å². The molecule has 0 spiro atoms. The van der Waals surface area contributed by atoms with Crippen molar-refractivity contribution < 1.29 is 67.5 Å². The number of aromatic nitrogens is 2. The van der Waals surface area contributed by atoms with Crippen molar-refractivity contribution in [2.24, 2.45) is 5.73 Å². The molecule has 2 atom stereocenters. The van der Waals surface area contributed by atoms with Crippen molar-refractivity contribution in [2.75, 3.05) is 79.0 Å². The minimum atomic E-state index is -1.18. The fourth-order valence-corrected chi connectivity index (χ4v) is 6.83. The number of Topliss-reactive ketones (excluding diaryl/α,β-unsaturated/α-hetero) is 1. The Morgan fingerprint density at radius 1 is 0.569 bits per heavy atom. The summed E-state index contributed by atoms with van der Waals surface area (Å²) in [6.45, 7) is 6.13. The van der Waals surface area contributed by atoms with Gasteiger partial charge in [0.05, 0.1) is 58.6 Å². The maximum atomic E-state index is 12.1. The lowest BCUT2D eigenvalue weighted by Crippen LogP contribution is -2.43. The van der Waals surface area contributed by atoms with E-state index >= 15 is 0 Å². The van der Waals surface area contributed by atoms with Crippen LogP contribution in [0.3, 0.4) is 0 Å². The Balaban J connectivity index is 0.00000310. The van der Waals surface area contributed by atoms with E-state index in [1.54, 1.807) is 12.5 Å². The largest absolute Gasteiger partial charge is 0.481 e. The average molecular weight is 1030 g/mol. The van der Waals surface area contributed by atoms with Gasteiger partial charge in [-0.1, -0.05) is 90.9 Å². The monoisotopic (exact) mass is 1030 g/mol. The van der Waals surface area contributed by atoms with Gasteiger partial charge >= 0.3 is 11.9 Å². The Kier molecular flexibility index (Phi) is 44.9. The first-order valence-corrected chi connectivity index (χ1v) is 26.2. The third-order valence-corrected chi connectivity index (χ3v) is 11.0. The lowest BCUT2D eigenvalue weighted by Gasteiger charge is -2.15. The van der Waals surface area contributed by atoms with Crippen molar-refractivity contribution in [3.63, 3.8) is 0 Å². The molecule has 10 N–H and O–H groups in total. The molecule has 22 heteroatoms. The molecular formula is C50H90N8O14. The van der Waals surface area contributed by atoms with Crippen LogP contribution in [-0.4, -0.2) is 159 Å². The number of imidazole rings is 1. The number of aliphatic carboxylic acids is 2. The number of H-pyrrole nitrogens is 1. The Morgan fingerprint density at radius 3 is 1.62 bits per heavy atom. The number of ether oxygens (including phenoxy) is 4. The Hall–Kier alpha value is -5.03. The molecule has 1 heterocycles. The molecule has 1 rings (SSSR count). The highest BCUT2D eigenvalue weighted by atomic mass is 16.5. The summed E-state index contributed by atoms with van der Waals surface area (Å²) in [7, 11) is 0. The van der Waals surface area contributed by atoms with E-state index in [0.717, 1.165) is 44.2 Å². The van der Waals surface area contributed by atoms with Gasteiger partial charge in [-0.2, -0.15) is 0 Å². The molecule has 72 heavy (non-hydrogen) atoms. The van der Waals surface area contributed by atoms with Crippen LogP contribution in [0.5, 0.6) is 0 Å². The molecule has 1 unspecified atom stereocenters. The smallest absolute Gasteiger partial charge is 0.326 e. The molecule has 1 aromatic heterocycles. The van der Waals surface area contributed by atoms with Crippen molar-refractivity contribution in [1.29, 1.82) is 0 Å². The lowest BCUT2D eigenvalue weighted by molar-refractivity contribution is -0.142. The van der Waals surface area contributed by atoms with E-state index in [4.69, 9.17) is 29.8 Å². The van der Waals surface area contributed by atoms with Crippen molar-refractivity contribution >= 4 is 47.3 Å². The number of carbonyl (C=O) groups excluding carboxylic acids is 6. The minimum absolute atomic E-state index is 0.0196. The lowest BCUT2D eigenvalue weighted by atomic mass is 10.1. The summed E-state index contributed by atoms with van der Waals surface area (Å²) in [5.74, 6) is -3.72. The number of aryl methyl sites for hydroxylation is 1. The van der Waals surface area contributed by atoms with Crippen LogP contribution in [0.4, 0.5) is 0 Å². The van der Waals surface area contributed by atoms with Crippen LogP contribution in [0.2, 0.25) is 0 Å². The summed E-state index contributed by atoms with van der Waals surface area (Å²) in [6.07, 6.45) is 22.3. The van der Waals surface area contributed by atoms with Crippen LogP contribution in [0, 0.1) is 0 Å². The molecule has 0 bridgehead atoms. The number of hydrogen-bond donors (Lipinski definition) is 9. The quantitative estimate of drug-likeness (QED) is 0.0421. The van der Waals surface area contributed by atoms with Gasteiger partial charge in [0.1, 0.15) is 25.0 Å². The normalized spacial score (nSPS) is 11.7. The average Bonchev–Trinajstić information content (AvgIpc) is 3.88. The maximum Gasteiger partial charge on any atom is 0.326 e. The number of carboxylic acids is 2. The van der Waals surface area contributed by atoms with Crippen LogP contribution < -0.4 is 32.3 Å². The van der Waals surface area contributed by atoms with Crippen LogP contribution >= 0.6 is 0 Å². The summed E-state index contributed by atoms with van der Waals surface area (Å²) in [5, 5.41) is 31.2. The molecule has 0 radical (unpaired) electrons. The second-order valence-electron chi connectivity index (χ2n) is 17.5. The van der Waals surface area contributed by atoms with Gasteiger partial charge < -0.3 is 61.1 Å². The zero-order chi connectivity index (χ0) is 53.3. The van der Waals surface area contributed by atoms with Crippen LogP contribution in [0.25, 0.3) is 0 Å². The summed E-state index contributed by atoms with van der Waals surface area (Å²) in [5.41, 5.74) is 6.32. The van der Waals surface area contributed by atoms with E-state index in [9.17, 15) is 43.5 Å². The second kappa shape index (κ2) is 48.2. The summed E-state index contributed by atoms with van der Waals surface area (Å²) < 4.78 is 21.3. The number of nitrogens with two attached hydrogens (primary N) is 1. The fraction of sp³-hybridized carbons (Fsp3) is 0.780. The first kappa shape index (κ1) is 67.0. The molecule has 0 saturated carbocycles. The van der Waals surface area contributed by atoms with Gasteiger partial charge in [-0.25, -0.2) is 9.78 Å². The van der Waals surface area contributed by atoms with E-state index in [1.165, 1.54) is 44.9 Å². The Morgan fingerprint density at radius 2 is 1.10 bits per heavy atom. The van der Waals surface area contributed by atoms with Crippen molar-refractivity contribution in [1.82, 2.24) is 36.6 Å². The highest BCUT2D eigenvalue weighted by molar-refractivity contribution is 5.85. The van der Waals surface area contributed by atoms with Crippen LogP contribution in [-0.2, 0) is 63.7 Å².